The van der Waals surface area contributed by atoms with Crippen LogP contribution in [0.1, 0.15) is 0 Å². The molecule has 0 saturated carbocycles. The number of halogens is 3. The highest BCUT2D eigenvalue weighted by molar-refractivity contribution is 9.10. The lowest BCUT2D eigenvalue weighted by atomic mass is 10.3. The zero-order valence-electron chi connectivity index (χ0n) is 9.90. The van der Waals surface area contributed by atoms with Gasteiger partial charge in [-0.25, -0.2) is 8.42 Å². The summed E-state index contributed by atoms with van der Waals surface area (Å²) in [5.74, 6) is 0. The Morgan fingerprint density at radius 2 is 1.75 bits per heavy atom. The van der Waals surface area contributed by atoms with Gasteiger partial charge in [-0.1, -0.05) is 39.1 Å². The second kappa shape index (κ2) is 5.81. The zero-order valence-corrected chi connectivity index (χ0v) is 13.8. The van der Waals surface area contributed by atoms with Crippen molar-refractivity contribution in [2.75, 3.05) is 10.5 Å². The number of rotatable bonds is 3. The minimum Gasteiger partial charge on any atom is -0.399 e. The summed E-state index contributed by atoms with van der Waals surface area (Å²) in [7, 11) is -3.84. The first-order valence-electron chi connectivity index (χ1n) is 5.32. The average Bonchev–Trinajstić information content (AvgIpc) is 2.33. The molecule has 2 rings (SSSR count). The smallest absolute Gasteiger partial charge is 0.263 e. The predicted molar refractivity (Wildman–Crippen MR) is 85.8 cm³/mol. The fourth-order valence-electron chi connectivity index (χ4n) is 1.51. The van der Waals surface area contributed by atoms with E-state index in [9.17, 15) is 8.42 Å². The van der Waals surface area contributed by atoms with E-state index in [1.54, 1.807) is 18.2 Å². The van der Waals surface area contributed by atoms with E-state index in [2.05, 4.69) is 20.7 Å². The van der Waals surface area contributed by atoms with Crippen molar-refractivity contribution < 1.29 is 8.42 Å². The molecule has 0 aromatic heterocycles. The van der Waals surface area contributed by atoms with Gasteiger partial charge in [0, 0.05) is 10.2 Å². The molecule has 0 spiro atoms. The van der Waals surface area contributed by atoms with E-state index in [4.69, 9.17) is 28.9 Å². The minimum atomic E-state index is -3.84. The highest BCUT2D eigenvalue weighted by Gasteiger charge is 2.19. The van der Waals surface area contributed by atoms with Gasteiger partial charge in [-0.3, -0.25) is 4.72 Å². The second-order valence-electron chi connectivity index (χ2n) is 3.92. The van der Waals surface area contributed by atoms with Gasteiger partial charge in [0.2, 0.25) is 0 Å². The summed E-state index contributed by atoms with van der Waals surface area (Å²) >= 11 is 15.1. The highest BCUT2D eigenvalue weighted by atomic mass is 79.9. The molecule has 0 saturated heterocycles. The summed E-state index contributed by atoms with van der Waals surface area (Å²) in [5.41, 5.74) is 6.18. The van der Waals surface area contributed by atoms with E-state index >= 15 is 0 Å². The Morgan fingerprint density at radius 3 is 2.40 bits per heavy atom. The SMILES string of the molecule is Nc1ccc(S(=O)(=O)Nc2cc(Br)ccc2Cl)c(Cl)c1. The van der Waals surface area contributed by atoms with Gasteiger partial charge in [0.05, 0.1) is 15.7 Å². The van der Waals surface area contributed by atoms with Crippen molar-refractivity contribution in [3.63, 3.8) is 0 Å². The highest BCUT2D eigenvalue weighted by Crippen LogP contribution is 2.30. The topological polar surface area (TPSA) is 72.2 Å². The average molecular weight is 396 g/mol. The number of nitrogens with two attached hydrogens (primary N) is 1. The molecule has 0 amide bonds. The van der Waals surface area contributed by atoms with E-state index in [-0.39, 0.29) is 20.6 Å². The van der Waals surface area contributed by atoms with Crippen LogP contribution in [-0.4, -0.2) is 8.42 Å². The largest absolute Gasteiger partial charge is 0.399 e. The first kappa shape index (κ1) is 15.4. The molecular formula is C12H9BrCl2N2O2S. The van der Waals surface area contributed by atoms with Crippen LogP contribution in [0, 0.1) is 0 Å². The Hall–Kier alpha value is -0.950. The molecule has 0 radical (unpaired) electrons. The molecule has 0 aliphatic rings. The number of nitrogen functional groups attached to an aromatic ring is 1. The quantitative estimate of drug-likeness (QED) is 0.767. The van der Waals surface area contributed by atoms with E-state index in [0.29, 0.717) is 10.2 Å². The van der Waals surface area contributed by atoms with Crippen molar-refractivity contribution in [1.29, 1.82) is 0 Å². The molecule has 0 bridgehead atoms. The normalized spacial score (nSPS) is 11.3. The third-order valence-electron chi connectivity index (χ3n) is 2.42. The third-order valence-corrected chi connectivity index (χ3v) is 5.09. The monoisotopic (exact) mass is 394 g/mol. The first-order valence-corrected chi connectivity index (χ1v) is 8.36. The van der Waals surface area contributed by atoms with Crippen molar-refractivity contribution in [3.05, 3.63) is 50.9 Å². The van der Waals surface area contributed by atoms with Crippen LogP contribution in [-0.2, 0) is 10.0 Å². The maximum atomic E-state index is 12.3. The van der Waals surface area contributed by atoms with Crippen LogP contribution in [0.5, 0.6) is 0 Å². The Morgan fingerprint density at radius 1 is 1.05 bits per heavy atom. The molecule has 2 aromatic rings. The summed E-state index contributed by atoms with van der Waals surface area (Å²) < 4.78 is 27.7. The molecule has 0 heterocycles. The zero-order chi connectivity index (χ0) is 14.9. The lowest BCUT2D eigenvalue weighted by Gasteiger charge is -2.11. The van der Waals surface area contributed by atoms with Crippen LogP contribution >= 0.6 is 39.1 Å². The lowest BCUT2D eigenvalue weighted by Crippen LogP contribution is -2.14. The van der Waals surface area contributed by atoms with Crippen molar-refractivity contribution in [3.8, 4) is 0 Å². The number of anilines is 2. The third kappa shape index (κ3) is 3.38. The van der Waals surface area contributed by atoms with Crippen molar-refractivity contribution in [1.82, 2.24) is 0 Å². The summed E-state index contributed by atoms with van der Waals surface area (Å²) in [5, 5.41) is 0.326. The molecule has 2 aromatic carbocycles. The van der Waals surface area contributed by atoms with Gasteiger partial charge in [0.1, 0.15) is 4.90 Å². The van der Waals surface area contributed by atoms with Crippen LogP contribution in [0.15, 0.2) is 45.8 Å². The molecule has 106 valence electrons. The van der Waals surface area contributed by atoms with Crippen LogP contribution in [0.4, 0.5) is 11.4 Å². The summed E-state index contributed by atoms with van der Waals surface area (Å²) in [6.07, 6.45) is 0. The van der Waals surface area contributed by atoms with Crippen LogP contribution in [0.25, 0.3) is 0 Å². The van der Waals surface area contributed by atoms with Gasteiger partial charge in [0.15, 0.2) is 0 Å². The van der Waals surface area contributed by atoms with Crippen molar-refractivity contribution in [2.45, 2.75) is 4.90 Å². The molecule has 0 unspecified atom stereocenters. The van der Waals surface area contributed by atoms with Gasteiger partial charge < -0.3 is 5.73 Å². The van der Waals surface area contributed by atoms with E-state index in [1.807, 2.05) is 0 Å². The number of hydrogen-bond donors (Lipinski definition) is 2. The standard InChI is InChI=1S/C12H9BrCl2N2O2S/c13-7-1-3-9(14)11(5-7)17-20(18,19)12-4-2-8(16)6-10(12)15/h1-6,17H,16H2. The molecule has 0 aliphatic heterocycles. The molecule has 0 atom stereocenters. The molecular weight excluding hydrogens is 387 g/mol. The number of hydrogen-bond acceptors (Lipinski definition) is 3. The van der Waals surface area contributed by atoms with Crippen molar-refractivity contribution in [2.24, 2.45) is 0 Å². The second-order valence-corrected chi connectivity index (χ2v) is 7.30. The van der Waals surface area contributed by atoms with Gasteiger partial charge >= 0.3 is 0 Å². The van der Waals surface area contributed by atoms with Crippen LogP contribution < -0.4 is 10.5 Å². The predicted octanol–water partition coefficient (Wildman–Crippen LogP) is 4.14. The Bertz CT molecular complexity index is 766. The maximum absolute atomic E-state index is 12.3. The van der Waals surface area contributed by atoms with Gasteiger partial charge in [-0.2, -0.15) is 0 Å². The fourth-order valence-corrected chi connectivity index (χ4v) is 3.72. The summed E-state index contributed by atoms with van der Waals surface area (Å²) in [6.45, 7) is 0. The fraction of sp³-hybridized carbons (Fsp3) is 0. The molecule has 4 nitrogen and oxygen atoms in total. The number of nitrogens with one attached hydrogen (secondary N) is 1. The molecule has 3 N–H and O–H groups in total. The minimum absolute atomic E-state index is 0.0450. The van der Waals surface area contributed by atoms with Gasteiger partial charge in [-0.15, -0.1) is 0 Å². The molecule has 0 fully saturated rings. The lowest BCUT2D eigenvalue weighted by molar-refractivity contribution is 0.601. The Labute approximate surface area is 135 Å². The van der Waals surface area contributed by atoms with Gasteiger partial charge in [-0.05, 0) is 36.4 Å². The Kier molecular flexibility index (Phi) is 4.49. The summed E-state index contributed by atoms with van der Waals surface area (Å²) in [4.78, 5) is -0.0654. The maximum Gasteiger partial charge on any atom is 0.263 e. The molecule has 8 heteroatoms. The molecule has 20 heavy (non-hydrogen) atoms. The first-order chi connectivity index (χ1) is 9.29. The van der Waals surface area contributed by atoms with Crippen LogP contribution in [0.3, 0.4) is 0 Å². The van der Waals surface area contributed by atoms with E-state index < -0.39 is 10.0 Å². The van der Waals surface area contributed by atoms with Crippen molar-refractivity contribution >= 4 is 60.5 Å². The molecule has 0 aliphatic carbocycles. The van der Waals surface area contributed by atoms with Crippen LogP contribution in [0.2, 0.25) is 10.0 Å². The summed E-state index contributed by atoms with van der Waals surface area (Å²) in [6, 6.07) is 9.02. The number of benzene rings is 2. The number of sulfonamides is 1. The van der Waals surface area contributed by atoms with Gasteiger partial charge in [0.25, 0.3) is 10.0 Å². The van der Waals surface area contributed by atoms with E-state index in [0.717, 1.165) is 0 Å². The van der Waals surface area contributed by atoms with E-state index in [1.165, 1.54) is 18.2 Å². The Balaban J connectivity index is 2.43.